The molecular formula is C57H41NO. The van der Waals surface area contributed by atoms with E-state index in [1.807, 2.05) is 12.1 Å². The van der Waals surface area contributed by atoms with Crippen LogP contribution in [0.3, 0.4) is 0 Å². The number of hydrogen-bond acceptors (Lipinski definition) is 2. The Hall–Kier alpha value is -7.68. The number of hydrogen-bond donors (Lipinski definition) is 0. The summed E-state index contributed by atoms with van der Waals surface area (Å²) in [5, 5.41) is 1.15. The van der Waals surface area contributed by atoms with Gasteiger partial charge in [0, 0.05) is 33.5 Å². The molecule has 0 radical (unpaired) electrons. The molecule has 59 heavy (non-hydrogen) atoms. The first-order chi connectivity index (χ1) is 29.2. The van der Waals surface area contributed by atoms with Gasteiger partial charge in [-0.2, -0.15) is 0 Å². The van der Waals surface area contributed by atoms with Crippen molar-refractivity contribution in [1.82, 2.24) is 0 Å². The van der Waals surface area contributed by atoms with Crippen LogP contribution >= 0.6 is 0 Å². The van der Waals surface area contributed by atoms with Gasteiger partial charge in [-0.3, -0.25) is 0 Å². The van der Waals surface area contributed by atoms with E-state index in [1.165, 1.54) is 33.4 Å². The molecule has 10 rings (SSSR count). The molecule has 0 fully saturated rings. The number of aryl methyl sites for hydroxylation is 1. The van der Waals surface area contributed by atoms with E-state index in [0.717, 1.165) is 67.2 Å². The highest BCUT2D eigenvalue weighted by molar-refractivity contribution is 5.91. The first-order valence-corrected chi connectivity index (χ1v) is 20.2. The van der Waals surface area contributed by atoms with Gasteiger partial charge in [-0.05, 0) is 99.5 Å². The molecule has 0 aliphatic carbocycles. The van der Waals surface area contributed by atoms with E-state index in [-0.39, 0.29) is 0 Å². The molecule has 0 bridgehead atoms. The van der Waals surface area contributed by atoms with E-state index >= 15 is 0 Å². The van der Waals surface area contributed by atoms with Crippen LogP contribution in [0.2, 0.25) is 0 Å². The van der Waals surface area contributed by atoms with Crippen LogP contribution in [0.25, 0.3) is 77.9 Å². The molecule has 0 atom stereocenters. The van der Waals surface area contributed by atoms with E-state index in [2.05, 4.69) is 230 Å². The SMILES string of the molecule is Cc1c(-c2cccc(-c3ccc(N(c4ccc(-c5ccc(-c6ccccc6)cc5)cc4)c4ccccc4-c4ccc(-c5ccccc5)cc4)cc3)c2)oc2ccccc12. The van der Waals surface area contributed by atoms with E-state index in [9.17, 15) is 0 Å². The van der Waals surface area contributed by atoms with Crippen LogP contribution in [-0.4, -0.2) is 0 Å². The van der Waals surface area contributed by atoms with Gasteiger partial charge in [-0.25, -0.2) is 0 Å². The molecule has 0 aliphatic rings. The second-order valence-corrected chi connectivity index (χ2v) is 15.0. The minimum atomic E-state index is 0.913. The predicted molar refractivity (Wildman–Crippen MR) is 248 cm³/mol. The molecule has 1 heterocycles. The summed E-state index contributed by atoms with van der Waals surface area (Å²) in [4.78, 5) is 2.38. The van der Waals surface area contributed by atoms with Gasteiger partial charge in [0.05, 0.1) is 5.69 Å². The molecule has 2 nitrogen and oxygen atoms in total. The molecule has 280 valence electrons. The van der Waals surface area contributed by atoms with E-state index < -0.39 is 0 Å². The van der Waals surface area contributed by atoms with Gasteiger partial charge >= 0.3 is 0 Å². The lowest BCUT2D eigenvalue weighted by molar-refractivity contribution is 0.629. The summed E-state index contributed by atoms with van der Waals surface area (Å²) < 4.78 is 6.35. The Morgan fingerprint density at radius 1 is 0.322 bits per heavy atom. The van der Waals surface area contributed by atoms with E-state index in [4.69, 9.17) is 4.42 Å². The van der Waals surface area contributed by atoms with Crippen molar-refractivity contribution in [2.24, 2.45) is 0 Å². The molecule has 0 saturated heterocycles. The fourth-order valence-corrected chi connectivity index (χ4v) is 8.19. The topological polar surface area (TPSA) is 16.4 Å². The summed E-state index contributed by atoms with van der Waals surface area (Å²) in [6, 6.07) is 82.3. The number of rotatable bonds is 9. The Balaban J connectivity index is 1.02. The van der Waals surface area contributed by atoms with Crippen LogP contribution in [0.15, 0.2) is 235 Å². The number of nitrogens with zero attached hydrogens (tertiary/aromatic N) is 1. The minimum absolute atomic E-state index is 0.913. The van der Waals surface area contributed by atoms with Crippen molar-refractivity contribution in [2.45, 2.75) is 6.92 Å². The first-order valence-electron chi connectivity index (χ1n) is 20.2. The fourth-order valence-electron chi connectivity index (χ4n) is 8.19. The molecular weight excluding hydrogens is 715 g/mol. The molecule has 2 heteroatoms. The lowest BCUT2D eigenvalue weighted by atomic mass is 9.97. The van der Waals surface area contributed by atoms with Crippen LogP contribution < -0.4 is 4.90 Å². The van der Waals surface area contributed by atoms with E-state index in [0.29, 0.717) is 0 Å². The molecule has 0 unspecified atom stereocenters. The highest BCUT2D eigenvalue weighted by Gasteiger charge is 2.18. The Bertz CT molecular complexity index is 3000. The van der Waals surface area contributed by atoms with Gasteiger partial charge in [0.15, 0.2) is 0 Å². The summed E-state index contributed by atoms with van der Waals surface area (Å²) >= 11 is 0. The average Bonchev–Trinajstić information content (AvgIpc) is 3.66. The number of benzene rings is 9. The van der Waals surface area contributed by atoms with Gasteiger partial charge in [-0.15, -0.1) is 0 Å². The molecule has 0 spiro atoms. The van der Waals surface area contributed by atoms with Crippen molar-refractivity contribution in [3.63, 3.8) is 0 Å². The van der Waals surface area contributed by atoms with Crippen LogP contribution in [0.1, 0.15) is 5.56 Å². The lowest BCUT2D eigenvalue weighted by Crippen LogP contribution is -2.11. The standard InChI is InChI=1S/C57H41NO/c1-40-53-19-9-11-22-56(53)59-57(40)50-18-12-17-49(39-50)47-33-37-52(38-34-47)58(51-35-31-46(32-36-51)45-25-23-43(24-26-45)41-13-4-2-5-14-41)55-21-10-8-20-54(55)48-29-27-44(28-30-48)42-15-6-3-7-16-42/h2-39H,1H3. The van der Waals surface area contributed by atoms with Gasteiger partial charge in [0.25, 0.3) is 0 Å². The third kappa shape index (κ3) is 7.14. The summed E-state index contributed by atoms with van der Waals surface area (Å²) in [6.45, 7) is 2.14. The highest BCUT2D eigenvalue weighted by atomic mass is 16.3. The molecule has 0 N–H and O–H groups in total. The summed E-state index contributed by atoms with van der Waals surface area (Å²) in [5.74, 6) is 0.917. The summed E-state index contributed by atoms with van der Waals surface area (Å²) in [7, 11) is 0. The normalized spacial score (nSPS) is 11.1. The van der Waals surface area contributed by atoms with Crippen LogP contribution in [-0.2, 0) is 0 Å². The number of fused-ring (bicyclic) bond motifs is 1. The number of anilines is 3. The van der Waals surface area contributed by atoms with Crippen molar-refractivity contribution < 1.29 is 4.42 Å². The highest BCUT2D eigenvalue weighted by Crippen LogP contribution is 2.43. The number of furan rings is 1. The second-order valence-electron chi connectivity index (χ2n) is 15.0. The Labute approximate surface area is 345 Å². The second kappa shape index (κ2) is 15.7. The van der Waals surface area contributed by atoms with Crippen LogP contribution in [0.5, 0.6) is 0 Å². The zero-order chi connectivity index (χ0) is 39.5. The maximum absolute atomic E-state index is 6.35. The number of para-hydroxylation sites is 2. The van der Waals surface area contributed by atoms with Gasteiger partial charge < -0.3 is 9.32 Å². The van der Waals surface area contributed by atoms with Gasteiger partial charge in [0.2, 0.25) is 0 Å². The maximum Gasteiger partial charge on any atom is 0.138 e. The monoisotopic (exact) mass is 755 g/mol. The summed E-state index contributed by atoms with van der Waals surface area (Å²) in [6.07, 6.45) is 0. The van der Waals surface area contributed by atoms with Crippen molar-refractivity contribution >= 4 is 28.0 Å². The summed E-state index contributed by atoms with van der Waals surface area (Å²) in [5.41, 5.74) is 18.2. The quantitative estimate of drug-likeness (QED) is 0.146. The Morgan fingerprint density at radius 3 is 1.29 bits per heavy atom. The predicted octanol–water partition coefficient (Wildman–Crippen LogP) is 16.2. The van der Waals surface area contributed by atoms with Crippen LogP contribution in [0.4, 0.5) is 17.1 Å². The van der Waals surface area contributed by atoms with Crippen molar-refractivity contribution in [1.29, 1.82) is 0 Å². The zero-order valence-corrected chi connectivity index (χ0v) is 32.8. The lowest BCUT2D eigenvalue weighted by Gasteiger charge is -2.28. The Kier molecular flexibility index (Phi) is 9.50. The van der Waals surface area contributed by atoms with E-state index in [1.54, 1.807) is 0 Å². The molecule has 0 saturated carbocycles. The van der Waals surface area contributed by atoms with Crippen molar-refractivity contribution in [2.75, 3.05) is 4.90 Å². The third-order valence-corrected chi connectivity index (χ3v) is 11.3. The van der Waals surface area contributed by atoms with Crippen molar-refractivity contribution in [3.05, 3.63) is 236 Å². The average molecular weight is 756 g/mol. The fraction of sp³-hybridized carbons (Fsp3) is 0.0175. The minimum Gasteiger partial charge on any atom is -0.456 e. The van der Waals surface area contributed by atoms with Gasteiger partial charge in [0.1, 0.15) is 11.3 Å². The largest absolute Gasteiger partial charge is 0.456 e. The molecule has 1 aromatic heterocycles. The zero-order valence-electron chi connectivity index (χ0n) is 32.8. The van der Waals surface area contributed by atoms with Crippen molar-refractivity contribution in [3.8, 4) is 67.0 Å². The van der Waals surface area contributed by atoms with Crippen LogP contribution in [0, 0.1) is 6.92 Å². The molecule has 0 aliphatic heterocycles. The molecule has 0 amide bonds. The molecule has 10 aromatic rings. The Morgan fingerprint density at radius 2 is 0.729 bits per heavy atom. The maximum atomic E-state index is 6.35. The molecule has 9 aromatic carbocycles. The van der Waals surface area contributed by atoms with Gasteiger partial charge in [-0.1, -0.05) is 188 Å². The third-order valence-electron chi connectivity index (χ3n) is 11.3. The first kappa shape index (κ1) is 35.7. The smallest absolute Gasteiger partial charge is 0.138 e.